The van der Waals surface area contributed by atoms with Crippen LogP contribution in [-0.4, -0.2) is 0 Å². The monoisotopic (exact) mass is 3130 g/mol. The second-order valence-corrected chi connectivity index (χ2v) is 0. The molecule has 102 valence electrons. The van der Waals surface area contributed by atoms with E-state index in [-0.39, 0.29) is 358 Å². The van der Waals surface area contributed by atoms with Gasteiger partial charge in [-0.3, -0.25) is 0 Å². The summed E-state index contributed by atoms with van der Waals surface area (Å²) in [5, 5.41) is 0. The zero-order chi connectivity index (χ0) is 0. The van der Waals surface area contributed by atoms with Crippen molar-refractivity contribution in [2.75, 3.05) is 0 Å². The van der Waals surface area contributed by atoms with Crippen molar-refractivity contribution in [1.29, 1.82) is 0 Å². The summed E-state index contributed by atoms with van der Waals surface area (Å²) in [5.41, 5.74) is 0. The molecule has 0 atom stereocenters. The summed E-state index contributed by atoms with van der Waals surface area (Å²) in [5.74, 6) is 0. The van der Waals surface area contributed by atoms with Crippen LogP contribution in [-0.2, 0) is 358 Å². The molecule has 0 aromatic rings. The largest absolute Gasteiger partial charge is 0 e. The van der Waals surface area contributed by atoms with E-state index >= 15 is 0 Å². The fraction of sp³-hybridized carbons (Fsp3) is 0. The molecule has 0 aromatic carbocycles. The van der Waals surface area contributed by atoms with Gasteiger partial charge in [0, 0.05) is 358 Å². The van der Waals surface area contributed by atoms with Gasteiger partial charge in [-0.25, -0.2) is 0 Å². The van der Waals surface area contributed by atoms with Gasteiger partial charge in [0.1, 0.15) is 0 Å². The predicted octanol–water partition coefficient (Wildman–Crippen LogP) is -0.0425. The fourth-order valence-electron chi connectivity index (χ4n) is 0. The van der Waals surface area contributed by atoms with E-state index in [4.69, 9.17) is 0 Å². The second kappa shape index (κ2) is 144. The van der Waals surface area contributed by atoms with Gasteiger partial charge in [-0.05, 0) is 0 Å². The zero-order valence-corrected chi connectivity index (χ0v) is 56.8. The molecule has 0 radical (unpaired) electrons. The first-order valence-corrected chi connectivity index (χ1v) is 0. The molecule has 0 fully saturated rings. The summed E-state index contributed by atoms with van der Waals surface area (Å²) >= 11 is 0. The molecule has 0 amide bonds. The van der Waals surface area contributed by atoms with Crippen LogP contribution in [0.4, 0.5) is 0 Å². The molecule has 0 aliphatic carbocycles. The molecule has 0 saturated heterocycles. The summed E-state index contributed by atoms with van der Waals surface area (Å²) in [6, 6.07) is 0. The number of hydrogen-bond acceptors (Lipinski definition) is 0. The molecule has 0 spiro atoms. The fourth-order valence-corrected chi connectivity index (χ4v) is 0. The van der Waals surface area contributed by atoms with E-state index in [1.807, 2.05) is 0 Å². The van der Waals surface area contributed by atoms with E-state index in [0.29, 0.717) is 0 Å². The Kier molecular flexibility index (Phi) is 1360. The normalized spacial score (nSPS) is 0. The molecule has 0 N–H and O–H groups in total. The Morgan fingerprint density at radius 3 is 0.0588 bits per heavy atom. The summed E-state index contributed by atoms with van der Waals surface area (Å²) < 4.78 is 0. The summed E-state index contributed by atoms with van der Waals surface area (Å²) in [7, 11) is 0. The van der Waals surface area contributed by atoms with E-state index in [9.17, 15) is 0 Å². The van der Waals surface area contributed by atoms with Crippen LogP contribution in [0.2, 0.25) is 0 Å². The van der Waals surface area contributed by atoms with Crippen LogP contribution in [0.3, 0.4) is 0 Å². The van der Waals surface area contributed by atoms with Crippen molar-refractivity contribution < 1.29 is 358 Å². The summed E-state index contributed by atoms with van der Waals surface area (Å²) in [6.45, 7) is 0. The van der Waals surface area contributed by atoms with E-state index in [2.05, 4.69) is 0 Å². The van der Waals surface area contributed by atoms with Crippen LogP contribution in [0.15, 0.2) is 0 Å². The maximum absolute atomic E-state index is 0. The van der Waals surface area contributed by atoms with Crippen molar-refractivity contribution in [3.63, 3.8) is 0 Å². The molecule has 0 aliphatic rings. The molecule has 17 heteroatoms. The predicted molar refractivity (Wildman–Crippen MR) is 0 cm³/mol. The van der Waals surface area contributed by atoms with Gasteiger partial charge in [-0.15, -0.1) is 0 Å². The molecule has 0 aliphatic heterocycles. The minimum absolute atomic E-state index is 0. The standard InChI is InChI=1S/17W. The van der Waals surface area contributed by atoms with Gasteiger partial charge < -0.3 is 0 Å². The van der Waals surface area contributed by atoms with Gasteiger partial charge >= 0.3 is 0 Å². The average molecular weight is 3130 g/mol. The first-order valence-electron chi connectivity index (χ1n) is 0. The zero-order valence-electron chi connectivity index (χ0n) is 6.94. The van der Waals surface area contributed by atoms with Crippen LogP contribution < -0.4 is 0 Å². The van der Waals surface area contributed by atoms with E-state index in [1.54, 1.807) is 0 Å². The van der Waals surface area contributed by atoms with Crippen molar-refractivity contribution in [2.24, 2.45) is 0 Å². The van der Waals surface area contributed by atoms with Crippen molar-refractivity contribution in [3.8, 4) is 0 Å². The Labute approximate surface area is 348 Å². The smallest absolute Gasteiger partial charge is 0 e. The van der Waals surface area contributed by atoms with Crippen LogP contribution in [0.5, 0.6) is 0 Å². The molecular formula is W17. The van der Waals surface area contributed by atoms with Crippen LogP contribution in [0.1, 0.15) is 0 Å². The summed E-state index contributed by atoms with van der Waals surface area (Å²) in [6.07, 6.45) is 0. The molecule has 17 heavy (non-hydrogen) atoms. The van der Waals surface area contributed by atoms with Gasteiger partial charge in [0.15, 0.2) is 0 Å². The van der Waals surface area contributed by atoms with Gasteiger partial charge in [0.25, 0.3) is 0 Å². The quantitative estimate of drug-likeness (QED) is 0.320. The van der Waals surface area contributed by atoms with Crippen LogP contribution in [0.25, 0.3) is 0 Å². The Morgan fingerprint density at radius 1 is 0.0588 bits per heavy atom. The number of rotatable bonds is 0. The molecule has 0 bridgehead atoms. The molecule has 0 saturated carbocycles. The van der Waals surface area contributed by atoms with Crippen LogP contribution in [0, 0.1) is 0 Å². The van der Waals surface area contributed by atoms with Gasteiger partial charge in [-0.1, -0.05) is 0 Å². The van der Waals surface area contributed by atoms with E-state index in [0.717, 1.165) is 0 Å². The molecular weight excluding hydrogens is 3130 g/mol. The van der Waals surface area contributed by atoms with Crippen molar-refractivity contribution >= 4 is 0 Å². The SMILES string of the molecule is [W].[W].[W].[W].[W].[W].[W].[W].[W].[W].[W].[W].[W].[W].[W].[W].[W]. The topological polar surface area (TPSA) is 0 Å². The first kappa shape index (κ1) is 161. The van der Waals surface area contributed by atoms with E-state index in [1.165, 1.54) is 0 Å². The summed E-state index contributed by atoms with van der Waals surface area (Å²) in [4.78, 5) is 0. The minimum atomic E-state index is 0. The average Bonchev–Trinajstić information content (AvgIpc) is 0. The maximum atomic E-state index is 0. The van der Waals surface area contributed by atoms with Gasteiger partial charge in [-0.2, -0.15) is 0 Å². The minimum Gasteiger partial charge on any atom is 0 e. The molecule has 0 rings (SSSR count). The van der Waals surface area contributed by atoms with Crippen molar-refractivity contribution in [2.45, 2.75) is 0 Å². The first-order chi connectivity index (χ1) is 0. The third-order valence-corrected chi connectivity index (χ3v) is 0. The third-order valence-electron chi connectivity index (χ3n) is 0. The third kappa shape index (κ3) is 134. The molecule has 0 heterocycles. The van der Waals surface area contributed by atoms with E-state index < -0.39 is 0 Å². The Morgan fingerprint density at radius 2 is 0.0588 bits per heavy atom. The van der Waals surface area contributed by atoms with Crippen molar-refractivity contribution in [3.05, 3.63) is 0 Å². The number of hydrogen-bond donors (Lipinski definition) is 0. The maximum Gasteiger partial charge on any atom is 0 e. The second-order valence-electron chi connectivity index (χ2n) is 0. The van der Waals surface area contributed by atoms with Gasteiger partial charge in [0.05, 0.1) is 0 Å². The Bertz CT molecular complexity index is 0. The van der Waals surface area contributed by atoms with Crippen LogP contribution >= 0.6 is 0 Å². The molecule has 0 aromatic heterocycles. The van der Waals surface area contributed by atoms with Crippen molar-refractivity contribution in [1.82, 2.24) is 0 Å². The molecule has 0 nitrogen and oxygen atoms in total. The molecule has 0 unspecified atom stereocenters. The van der Waals surface area contributed by atoms with Gasteiger partial charge in [0.2, 0.25) is 0 Å². The Balaban J connectivity index is 0. The Hall–Kier alpha value is 11.7.